The molecule has 3 aromatic rings. The first kappa shape index (κ1) is 17.3. The van der Waals surface area contributed by atoms with Gasteiger partial charge in [0, 0.05) is 28.5 Å². The Morgan fingerprint density at radius 3 is 2.77 bits per heavy atom. The maximum atomic E-state index is 12.0. The minimum Gasteiger partial charge on any atom is -0.497 e. The molecule has 1 atom stereocenters. The second-order valence-electron chi connectivity index (χ2n) is 6.63. The van der Waals surface area contributed by atoms with E-state index in [2.05, 4.69) is 33.0 Å². The standard InChI is InChI=1S/C21H20BrNO3/c1-25-17-7-4-14(5-8-17)19-3-2-10-23(19)13-15-11-21(24)26-20-12-16(22)6-9-18(15)20/h4-9,11-12,19H,2-3,10,13H2,1H3/t19-/m1/s1. The quantitative estimate of drug-likeness (QED) is 0.570. The summed E-state index contributed by atoms with van der Waals surface area (Å²) in [5, 5.41) is 0.994. The largest absolute Gasteiger partial charge is 0.497 e. The molecule has 0 amide bonds. The fourth-order valence-electron chi connectivity index (χ4n) is 3.77. The molecule has 1 aromatic heterocycles. The smallest absolute Gasteiger partial charge is 0.336 e. The Kier molecular flexibility index (Phi) is 4.83. The van der Waals surface area contributed by atoms with Gasteiger partial charge in [0.1, 0.15) is 11.3 Å². The Labute approximate surface area is 160 Å². The molecule has 0 bridgehead atoms. The van der Waals surface area contributed by atoms with Crippen molar-refractivity contribution < 1.29 is 9.15 Å². The summed E-state index contributed by atoms with van der Waals surface area (Å²) in [7, 11) is 1.68. The number of rotatable bonds is 4. The summed E-state index contributed by atoms with van der Waals surface area (Å²) in [6, 6.07) is 16.1. The lowest BCUT2D eigenvalue weighted by Gasteiger charge is -2.25. The van der Waals surface area contributed by atoms with Gasteiger partial charge in [0.2, 0.25) is 0 Å². The molecule has 1 aliphatic rings. The van der Waals surface area contributed by atoms with Crippen LogP contribution in [0.4, 0.5) is 0 Å². The first-order chi connectivity index (χ1) is 12.6. The van der Waals surface area contributed by atoms with E-state index in [1.807, 2.05) is 30.3 Å². The lowest BCUT2D eigenvalue weighted by molar-refractivity contribution is 0.249. The van der Waals surface area contributed by atoms with Gasteiger partial charge in [-0.1, -0.05) is 28.1 Å². The lowest BCUT2D eigenvalue weighted by Crippen LogP contribution is -2.23. The maximum Gasteiger partial charge on any atom is 0.336 e. The van der Waals surface area contributed by atoms with Gasteiger partial charge in [-0.2, -0.15) is 0 Å². The van der Waals surface area contributed by atoms with Crippen molar-refractivity contribution in [2.24, 2.45) is 0 Å². The van der Waals surface area contributed by atoms with Crippen molar-refractivity contribution in [3.05, 3.63) is 74.6 Å². The molecule has 0 unspecified atom stereocenters. The van der Waals surface area contributed by atoms with Crippen LogP contribution in [-0.2, 0) is 6.54 Å². The van der Waals surface area contributed by atoms with Gasteiger partial charge < -0.3 is 9.15 Å². The van der Waals surface area contributed by atoms with E-state index in [0.717, 1.165) is 47.1 Å². The summed E-state index contributed by atoms with van der Waals surface area (Å²) < 4.78 is 11.5. The van der Waals surface area contributed by atoms with Crippen LogP contribution in [0.5, 0.6) is 5.75 Å². The zero-order chi connectivity index (χ0) is 18.1. The Balaban J connectivity index is 1.65. The highest BCUT2D eigenvalue weighted by Crippen LogP contribution is 2.34. The molecule has 0 radical (unpaired) electrons. The number of halogens is 1. The molecule has 2 aromatic carbocycles. The molecule has 134 valence electrons. The van der Waals surface area contributed by atoms with E-state index in [9.17, 15) is 4.79 Å². The lowest BCUT2D eigenvalue weighted by atomic mass is 10.0. The topological polar surface area (TPSA) is 42.7 Å². The third-order valence-corrected chi connectivity index (χ3v) is 5.52. The van der Waals surface area contributed by atoms with Crippen molar-refractivity contribution >= 4 is 26.9 Å². The fraction of sp³-hybridized carbons (Fsp3) is 0.286. The van der Waals surface area contributed by atoms with Crippen LogP contribution in [0.3, 0.4) is 0 Å². The molecule has 2 heterocycles. The van der Waals surface area contributed by atoms with E-state index >= 15 is 0 Å². The summed E-state index contributed by atoms with van der Waals surface area (Å²) in [6.45, 7) is 1.76. The zero-order valence-corrected chi connectivity index (χ0v) is 16.2. The molecule has 1 aliphatic heterocycles. The fourth-order valence-corrected chi connectivity index (χ4v) is 4.11. The summed E-state index contributed by atoms with van der Waals surface area (Å²) in [6.07, 6.45) is 2.28. The molecule has 5 heteroatoms. The normalized spacial score (nSPS) is 17.7. The number of hydrogen-bond acceptors (Lipinski definition) is 4. The van der Waals surface area contributed by atoms with Crippen LogP contribution < -0.4 is 10.4 Å². The van der Waals surface area contributed by atoms with Crippen LogP contribution in [0.1, 0.15) is 30.0 Å². The predicted octanol–water partition coefficient (Wildman–Crippen LogP) is 4.90. The maximum absolute atomic E-state index is 12.0. The minimum absolute atomic E-state index is 0.300. The van der Waals surface area contributed by atoms with Gasteiger partial charge in [-0.3, -0.25) is 4.90 Å². The summed E-state index contributed by atoms with van der Waals surface area (Å²) >= 11 is 3.44. The number of ether oxygens (including phenoxy) is 1. The second kappa shape index (κ2) is 7.25. The molecule has 4 rings (SSSR count). The van der Waals surface area contributed by atoms with E-state index in [1.54, 1.807) is 13.2 Å². The average molecular weight is 414 g/mol. The molecule has 0 N–H and O–H groups in total. The Morgan fingerprint density at radius 2 is 2.00 bits per heavy atom. The van der Waals surface area contributed by atoms with Crippen LogP contribution in [0, 0.1) is 0 Å². The predicted molar refractivity (Wildman–Crippen MR) is 106 cm³/mol. The number of hydrogen-bond donors (Lipinski definition) is 0. The molecular formula is C21H20BrNO3. The van der Waals surface area contributed by atoms with E-state index < -0.39 is 0 Å². The Morgan fingerprint density at radius 1 is 1.19 bits per heavy atom. The SMILES string of the molecule is COc1ccc([C@H]2CCCN2Cc2cc(=O)oc3cc(Br)ccc23)cc1. The van der Waals surface area contributed by atoms with Crippen molar-refractivity contribution in [1.82, 2.24) is 4.90 Å². The van der Waals surface area contributed by atoms with Gasteiger partial charge >= 0.3 is 5.63 Å². The zero-order valence-electron chi connectivity index (χ0n) is 14.6. The molecule has 0 spiro atoms. The first-order valence-electron chi connectivity index (χ1n) is 8.74. The van der Waals surface area contributed by atoms with Crippen LogP contribution in [0.2, 0.25) is 0 Å². The minimum atomic E-state index is -0.300. The molecule has 1 saturated heterocycles. The summed E-state index contributed by atoms with van der Waals surface area (Å²) in [5.41, 5.74) is 2.63. The van der Waals surface area contributed by atoms with Crippen molar-refractivity contribution in [2.45, 2.75) is 25.4 Å². The van der Waals surface area contributed by atoms with E-state index in [-0.39, 0.29) is 5.63 Å². The van der Waals surface area contributed by atoms with Crippen molar-refractivity contribution in [3.63, 3.8) is 0 Å². The van der Waals surface area contributed by atoms with Gasteiger partial charge in [-0.15, -0.1) is 0 Å². The Bertz CT molecular complexity index is 981. The molecule has 4 nitrogen and oxygen atoms in total. The molecule has 0 aliphatic carbocycles. The van der Waals surface area contributed by atoms with Gasteiger partial charge in [0.05, 0.1) is 7.11 Å². The molecule has 1 fully saturated rings. The van der Waals surface area contributed by atoms with Crippen molar-refractivity contribution in [2.75, 3.05) is 13.7 Å². The number of likely N-dealkylation sites (tertiary alicyclic amines) is 1. The molecule has 0 saturated carbocycles. The van der Waals surface area contributed by atoms with Gasteiger partial charge in [0.25, 0.3) is 0 Å². The van der Waals surface area contributed by atoms with Crippen molar-refractivity contribution in [3.8, 4) is 5.75 Å². The van der Waals surface area contributed by atoms with Gasteiger partial charge in [-0.05, 0) is 60.8 Å². The van der Waals surface area contributed by atoms with E-state index in [1.165, 1.54) is 5.56 Å². The highest BCUT2D eigenvalue weighted by Gasteiger charge is 2.26. The van der Waals surface area contributed by atoms with Crippen LogP contribution in [0.25, 0.3) is 11.0 Å². The van der Waals surface area contributed by atoms with E-state index in [4.69, 9.17) is 9.15 Å². The second-order valence-corrected chi connectivity index (χ2v) is 7.55. The average Bonchev–Trinajstić information content (AvgIpc) is 3.09. The first-order valence-corrected chi connectivity index (χ1v) is 9.53. The van der Waals surface area contributed by atoms with Gasteiger partial charge in [0.15, 0.2) is 0 Å². The van der Waals surface area contributed by atoms with Crippen LogP contribution in [0.15, 0.2) is 62.2 Å². The van der Waals surface area contributed by atoms with Crippen molar-refractivity contribution in [1.29, 1.82) is 0 Å². The Hall–Kier alpha value is -2.11. The number of nitrogens with zero attached hydrogens (tertiary/aromatic N) is 1. The summed E-state index contributed by atoms with van der Waals surface area (Å²) in [5.74, 6) is 0.871. The number of methoxy groups -OCH3 is 1. The third-order valence-electron chi connectivity index (χ3n) is 5.03. The van der Waals surface area contributed by atoms with Crippen LogP contribution >= 0.6 is 15.9 Å². The van der Waals surface area contributed by atoms with E-state index in [0.29, 0.717) is 11.6 Å². The highest BCUT2D eigenvalue weighted by molar-refractivity contribution is 9.10. The third kappa shape index (κ3) is 3.41. The summed E-state index contributed by atoms with van der Waals surface area (Å²) in [4.78, 5) is 14.4. The number of benzene rings is 2. The molecule has 26 heavy (non-hydrogen) atoms. The molecular weight excluding hydrogens is 394 g/mol. The highest BCUT2D eigenvalue weighted by atomic mass is 79.9. The van der Waals surface area contributed by atoms with Gasteiger partial charge in [-0.25, -0.2) is 4.79 Å². The monoisotopic (exact) mass is 413 g/mol. The number of fused-ring (bicyclic) bond motifs is 1. The van der Waals surface area contributed by atoms with Crippen LogP contribution in [-0.4, -0.2) is 18.6 Å².